The van der Waals surface area contributed by atoms with Gasteiger partial charge in [-0.1, -0.05) is 0 Å². The first kappa shape index (κ1) is 15.1. The van der Waals surface area contributed by atoms with Crippen LogP contribution in [0.5, 0.6) is 0 Å². The standard InChI is InChI=1S/C7H7F3N.ClHO4/c1-11-4-2-6(3-5-11)7(8,9)10;2-1(3,4)5/h2-5H,1H3;(H,2,3,4,5)/q+1;/p-1. The quantitative estimate of drug-likeness (QED) is 0.459. The molecule has 0 amide bonds. The molecule has 0 spiro atoms. The maximum atomic E-state index is 11.9. The van der Waals surface area contributed by atoms with Crippen LogP contribution in [-0.4, -0.2) is 0 Å². The molecule has 9 heteroatoms. The zero-order valence-corrected chi connectivity index (χ0v) is 8.66. The van der Waals surface area contributed by atoms with Gasteiger partial charge in [0.25, 0.3) is 0 Å². The van der Waals surface area contributed by atoms with E-state index in [1.807, 2.05) is 0 Å². The number of alkyl halides is 3. The lowest BCUT2D eigenvalue weighted by Crippen LogP contribution is -2.68. The van der Waals surface area contributed by atoms with Crippen LogP contribution in [0.4, 0.5) is 13.2 Å². The van der Waals surface area contributed by atoms with Gasteiger partial charge < -0.3 is 0 Å². The second-order valence-corrected chi connectivity index (χ2v) is 3.38. The van der Waals surface area contributed by atoms with Gasteiger partial charge in [0, 0.05) is 12.1 Å². The van der Waals surface area contributed by atoms with Crippen LogP contribution in [0.25, 0.3) is 0 Å². The van der Waals surface area contributed by atoms with Crippen molar-refractivity contribution < 1.29 is 46.6 Å². The van der Waals surface area contributed by atoms with E-state index in [0.717, 1.165) is 12.1 Å². The molecule has 1 rings (SSSR count). The highest BCUT2D eigenvalue weighted by Crippen LogP contribution is 2.27. The fourth-order valence-electron chi connectivity index (χ4n) is 0.690. The van der Waals surface area contributed by atoms with Gasteiger partial charge in [-0.05, 0) is 0 Å². The maximum Gasteiger partial charge on any atom is 0.416 e. The fourth-order valence-corrected chi connectivity index (χ4v) is 0.690. The number of aromatic nitrogens is 1. The summed E-state index contributed by atoms with van der Waals surface area (Å²) in [7, 11) is -3.28. The van der Waals surface area contributed by atoms with Crippen LogP contribution >= 0.6 is 0 Å². The lowest BCUT2D eigenvalue weighted by atomic mass is 10.3. The van der Waals surface area contributed by atoms with Gasteiger partial charge in [0.15, 0.2) is 12.4 Å². The molecule has 0 fully saturated rings. The van der Waals surface area contributed by atoms with E-state index in [-0.39, 0.29) is 0 Å². The number of hydrogen-bond acceptors (Lipinski definition) is 4. The van der Waals surface area contributed by atoms with Crippen LogP contribution in [0.1, 0.15) is 5.56 Å². The summed E-state index contributed by atoms with van der Waals surface area (Å²) in [6, 6.07) is 2.08. The molecule has 0 radical (unpaired) electrons. The third-order valence-electron chi connectivity index (χ3n) is 1.31. The molecule has 16 heavy (non-hydrogen) atoms. The molecule has 0 aliphatic carbocycles. The smallest absolute Gasteiger partial charge is 0.222 e. The van der Waals surface area contributed by atoms with Gasteiger partial charge in [-0.25, -0.2) is 23.2 Å². The topological polar surface area (TPSA) is 96.1 Å². The Bertz CT molecular complexity index is 316. The SMILES string of the molecule is C[n+]1ccc(C(F)(F)F)cc1.[O-][Cl+3]([O-])([O-])[O-]. The van der Waals surface area contributed by atoms with Gasteiger partial charge in [-0.3, -0.25) is 0 Å². The monoisotopic (exact) mass is 261 g/mol. The van der Waals surface area contributed by atoms with E-state index >= 15 is 0 Å². The van der Waals surface area contributed by atoms with E-state index in [9.17, 15) is 13.2 Å². The van der Waals surface area contributed by atoms with Crippen molar-refractivity contribution in [2.75, 3.05) is 0 Å². The highest BCUT2D eigenvalue weighted by Gasteiger charge is 2.30. The third-order valence-corrected chi connectivity index (χ3v) is 1.31. The molecule has 0 saturated heterocycles. The summed E-state index contributed by atoms with van der Waals surface area (Å²) in [5.41, 5.74) is -0.615. The largest absolute Gasteiger partial charge is 0.416 e. The van der Waals surface area contributed by atoms with Crippen molar-refractivity contribution in [1.82, 2.24) is 0 Å². The summed E-state index contributed by atoms with van der Waals surface area (Å²) < 4.78 is 71.3. The van der Waals surface area contributed by atoms with Gasteiger partial charge in [-0.15, -0.1) is 10.2 Å². The molecule has 0 aromatic carbocycles. The first-order valence-electron chi connectivity index (χ1n) is 3.64. The summed E-state index contributed by atoms with van der Waals surface area (Å²) in [5, 5.41) is 0. The summed E-state index contributed by atoms with van der Waals surface area (Å²) in [5.74, 6) is 0. The predicted octanol–water partition coefficient (Wildman–Crippen LogP) is -3.23. The Hall–Kier alpha value is -0.930. The van der Waals surface area contributed by atoms with E-state index in [0.29, 0.717) is 0 Å². The van der Waals surface area contributed by atoms with E-state index in [1.54, 1.807) is 11.6 Å². The van der Waals surface area contributed by atoms with Crippen LogP contribution in [0.15, 0.2) is 24.5 Å². The zero-order valence-electron chi connectivity index (χ0n) is 7.90. The summed E-state index contributed by atoms with van der Waals surface area (Å²) in [4.78, 5) is 0. The van der Waals surface area contributed by atoms with Crippen molar-refractivity contribution in [1.29, 1.82) is 0 Å². The predicted molar refractivity (Wildman–Crippen MR) is 32.6 cm³/mol. The van der Waals surface area contributed by atoms with E-state index in [1.165, 1.54) is 12.4 Å². The van der Waals surface area contributed by atoms with Crippen LogP contribution in [0.3, 0.4) is 0 Å². The first-order valence-corrected chi connectivity index (χ1v) is 4.88. The van der Waals surface area contributed by atoms with E-state index in [2.05, 4.69) is 0 Å². The molecular formula is C7H7ClF3NO4. The van der Waals surface area contributed by atoms with Gasteiger partial charge in [-0.2, -0.15) is 13.2 Å². The molecule has 0 aliphatic heterocycles. The second kappa shape index (κ2) is 5.41. The van der Waals surface area contributed by atoms with Crippen LogP contribution in [-0.2, 0) is 13.2 Å². The minimum atomic E-state index is -4.94. The number of halogens is 4. The summed E-state index contributed by atoms with van der Waals surface area (Å²) in [6.07, 6.45) is -1.50. The van der Waals surface area contributed by atoms with Crippen molar-refractivity contribution in [2.24, 2.45) is 7.05 Å². The van der Waals surface area contributed by atoms with Crippen LogP contribution in [0, 0.1) is 10.2 Å². The molecular weight excluding hydrogens is 255 g/mol. The van der Waals surface area contributed by atoms with E-state index in [4.69, 9.17) is 18.6 Å². The zero-order chi connectivity index (χ0) is 13.0. The van der Waals surface area contributed by atoms with E-state index < -0.39 is 22.0 Å². The molecule has 92 valence electrons. The van der Waals surface area contributed by atoms with Gasteiger partial charge >= 0.3 is 6.18 Å². The normalized spacial score (nSPS) is 11.8. The number of pyridine rings is 1. The number of aryl methyl sites for hydroxylation is 1. The molecule has 0 N–H and O–H groups in total. The van der Waals surface area contributed by atoms with Gasteiger partial charge in [0.1, 0.15) is 7.05 Å². The Morgan fingerprint density at radius 1 is 1.06 bits per heavy atom. The highest BCUT2D eigenvalue weighted by atomic mass is 35.7. The Morgan fingerprint density at radius 2 is 1.38 bits per heavy atom. The second-order valence-electron chi connectivity index (χ2n) is 2.63. The van der Waals surface area contributed by atoms with Gasteiger partial charge in [0.05, 0.1) is 5.56 Å². The van der Waals surface area contributed by atoms with Crippen LogP contribution < -0.4 is 23.2 Å². The number of hydrogen-bond donors (Lipinski definition) is 0. The lowest BCUT2D eigenvalue weighted by molar-refractivity contribution is -2.00. The molecule has 1 aromatic heterocycles. The van der Waals surface area contributed by atoms with Crippen molar-refractivity contribution in [3.63, 3.8) is 0 Å². The Morgan fingerprint density at radius 3 is 1.62 bits per heavy atom. The lowest BCUT2D eigenvalue weighted by Gasteiger charge is -2.17. The summed E-state index contributed by atoms with van der Waals surface area (Å²) in [6.45, 7) is 0. The summed E-state index contributed by atoms with van der Waals surface area (Å²) >= 11 is 0. The average molecular weight is 262 g/mol. The molecule has 0 aliphatic rings. The molecule has 0 saturated carbocycles. The first-order chi connectivity index (χ1) is 7.00. The Labute approximate surface area is 90.7 Å². The highest BCUT2D eigenvalue weighted by molar-refractivity contribution is 5.10. The molecule has 0 unspecified atom stereocenters. The van der Waals surface area contributed by atoms with Crippen molar-refractivity contribution in [2.45, 2.75) is 6.18 Å². The minimum absolute atomic E-state index is 0.615. The molecule has 1 heterocycles. The van der Waals surface area contributed by atoms with Gasteiger partial charge in [0.2, 0.25) is 0 Å². The van der Waals surface area contributed by atoms with Crippen LogP contribution in [0.2, 0.25) is 0 Å². The molecule has 0 bridgehead atoms. The van der Waals surface area contributed by atoms with Crippen molar-refractivity contribution in [3.8, 4) is 0 Å². The Kier molecular flexibility index (Phi) is 5.10. The molecule has 0 atom stereocenters. The maximum absolute atomic E-state index is 11.9. The van der Waals surface area contributed by atoms with Crippen molar-refractivity contribution >= 4 is 0 Å². The van der Waals surface area contributed by atoms with Crippen molar-refractivity contribution in [3.05, 3.63) is 30.1 Å². The molecule has 1 aromatic rings. The number of nitrogens with zero attached hydrogens (tertiary/aromatic N) is 1. The average Bonchev–Trinajstić information content (AvgIpc) is 1.99. The minimum Gasteiger partial charge on any atom is -0.222 e. The molecule has 5 nitrogen and oxygen atoms in total. The fraction of sp³-hybridized carbons (Fsp3) is 0.286. The third kappa shape index (κ3) is 8.38. The number of rotatable bonds is 0. The Balaban J connectivity index is 0.000000385.